The second-order valence-corrected chi connectivity index (χ2v) is 6.48. The third-order valence-electron chi connectivity index (χ3n) is 2.62. The van der Waals surface area contributed by atoms with Crippen molar-refractivity contribution in [3.63, 3.8) is 0 Å². The van der Waals surface area contributed by atoms with Crippen LogP contribution in [0.4, 0.5) is 4.79 Å². The normalized spacial score (nSPS) is 11.1. The molecule has 0 aromatic carbocycles. The number of urea groups is 1. The molecule has 4 N–H and O–H groups in total. The summed E-state index contributed by atoms with van der Waals surface area (Å²) in [5.41, 5.74) is 0. The Kier molecular flexibility index (Phi) is 10.6. The van der Waals surface area contributed by atoms with Gasteiger partial charge < -0.3 is 15.7 Å². The molecule has 0 aromatic rings. The first-order chi connectivity index (χ1) is 9.87. The Hall–Kier alpha value is -1.35. The summed E-state index contributed by atoms with van der Waals surface area (Å²) in [4.78, 5) is 21.6. The summed E-state index contributed by atoms with van der Waals surface area (Å²) in [6, 6.07) is -0.396. The predicted octanol–water partition coefficient (Wildman–Crippen LogP) is 0.260. The number of unbranched alkanes of at least 4 members (excludes halogenated alkanes) is 3. The molecule has 8 nitrogen and oxygen atoms in total. The molecule has 2 amide bonds. The Morgan fingerprint density at radius 2 is 1.62 bits per heavy atom. The third kappa shape index (κ3) is 13.4. The van der Waals surface area contributed by atoms with Crippen LogP contribution in [-0.4, -0.2) is 50.9 Å². The van der Waals surface area contributed by atoms with Crippen molar-refractivity contribution in [2.75, 3.05) is 25.4 Å². The number of aliphatic carboxylic acids is 1. The smallest absolute Gasteiger partial charge is 0.314 e. The minimum atomic E-state index is -3.31. The van der Waals surface area contributed by atoms with Crippen molar-refractivity contribution in [3.8, 4) is 0 Å². The van der Waals surface area contributed by atoms with E-state index in [0.29, 0.717) is 19.5 Å². The van der Waals surface area contributed by atoms with E-state index in [9.17, 15) is 18.0 Å². The molecule has 0 radical (unpaired) electrons. The molecular formula is C12H25N3O5S. The molecule has 21 heavy (non-hydrogen) atoms. The predicted molar refractivity (Wildman–Crippen MR) is 79.6 cm³/mol. The molecule has 0 atom stereocenters. The van der Waals surface area contributed by atoms with Crippen molar-refractivity contribution >= 4 is 22.0 Å². The van der Waals surface area contributed by atoms with Crippen molar-refractivity contribution in [2.24, 2.45) is 0 Å². The number of nitrogens with one attached hydrogen (secondary N) is 3. The zero-order valence-corrected chi connectivity index (χ0v) is 13.2. The van der Waals surface area contributed by atoms with E-state index in [1.807, 2.05) is 0 Å². The van der Waals surface area contributed by atoms with Crippen LogP contribution in [0.25, 0.3) is 0 Å². The quantitative estimate of drug-likeness (QED) is 0.383. The van der Waals surface area contributed by atoms with Crippen LogP contribution in [0, 0.1) is 0 Å². The van der Waals surface area contributed by atoms with Gasteiger partial charge >= 0.3 is 12.0 Å². The van der Waals surface area contributed by atoms with E-state index in [2.05, 4.69) is 15.4 Å². The Balaban J connectivity index is 3.49. The summed E-state index contributed by atoms with van der Waals surface area (Å²) in [7, 11) is -3.31. The number of hydrogen-bond acceptors (Lipinski definition) is 4. The van der Waals surface area contributed by atoms with Crippen molar-refractivity contribution in [3.05, 3.63) is 0 Å². The summed E-state index contributed by atoms with van der Waals surface area (Å²) >= 11 is 0. The van der Waals surface area contributed by atoms with Gasteiger partial charge in [0.1, 0.15) is 0 Å². The molecule has 0 saturated carbocycles. The number of amides is 2. The summed E-state index contributed by atoms with van der Waals surface area (Å²) in [5.74, 6) is -0.941. The molecule has 9 heteroatoms. The Labute approximate surface area is 125 Å². The molecule has 0 rings (SSSR count). The fraction of sp³-hybridized carbons (Fsp3) is 0.833. The van der Waals surface area contributed by atoms with E-state index < -0.39 is 22.0 Å². The summed E-state index contributed by atoms with van der Waals surface area (Å²) < 4.78 is 24.9. The number of carboxylic acids is 1. The third-order valence-corrected chi connectivity index (χ3v) is 4.09. The maximum absolute atomic E-state index is 11.3. The monoisotopic (exact) mass is 323 g/mol. The average molecular weight is 323 g/mol. The highest BCUT2D eigenvalue weighted by Gasteiger charge is 2.08. The molecule has 0 aliphatic carbocycles. The average Bonchev–Trinajstić information content (AvgIpc) is 2.36. The van der Waals surface area contributed by atoms with Gasteiger partial charge in [-0.05, 0) is 12.8 Å². The number of rotatable bonds is 12. The summed E-state index contributed by atoms with van der Waals surface area (Å²) in [6.07, 6.45) is 3.25. The van der Waals surface area contributed by atoms with E-state index in [1.165, 1.54) is 0 Å². The largest absolute Gasteiger partial charge is 0.481 e. The van der Waals surface area contributed by atoms with Gasteiger partial charge in [-0.3, -0.25) is 4.79 Å². The first kappa shape index (κ1) is 19.7. The molecule has 0 aliphatic rings. The van der Waals surface area contributed by atoms with Crippen LogP contribution in [0.3, 0.4) is 0 Å². The molecule has 0 bridgehead atoms. The highest BCUT2D eigenvalue weighted by molar-refractivity contribution is 7.89. The molecule has 0 spiro atoms. The van der Waals surface area contributed by atoms with E-state index >= 15 is 0 Å². The van der Waals surface area contributed by atoms with Crippen molar-refractivity contribution in [1.29, 1.82) is 0 Å². The van der Waals surface area contributed by atoms with Gasteiger partial charge in [0, 0.05) is 26.1 Å². The lowest BCUT2D eigenvalue weighted by Crippen LogP contribution is -2.40. The zero-order chi connectivity index (χ0) is 16.1. The lowest BCUT2D eigenvalue weighted by Gasteiger charge is -2.08. The molecule has 0 saturated heterocycles. The van der Waals surface area contributed by atoms with Gasteiger partial charge in [-0.25, -0.2) is 17.9 Å². The lowest BCUT2D eigenvalue weighted by atomic mass is 10.1. The van der Waals surface area contributed by atoms with E-state index in [-0.39, 0.29) is 18.7 Å². The van der Waals surface area contributed by atoms with Crippen LogP contribution < -0.4 is 15.4 Å². The second kappa shape index (κ2) is 11.3. The molecule has 0 aliphatic heterocycles. The summed E-state index contributed by atoms with van der Waals surface area (Å²) in [6.45, 7) is 2.56. The number of sulfonamides is 1. The van der Waals surface area contributed by atoms with E-state index in [4.69, 9.17) is 5.11 Å². The van der Waals surface area contributed by atoms with Gasteiger partial charge in [0.25, 0.3) is 0 Å². The van der Waals surface area contributed by atoms with Crippen LogP contribution in [0.5, 0.6) is 0 Å². The van der Waals surface area contributed by atoms with Gasteiger partial charge in [-0.15, -0.1) is 0 Å². The van der Waals surface area contributed by atoms with Crippen molar-refractivity contribution in [2.45, 2.75) is 39.0 Å². The first-order valence-corrected chi connectivity index (χ1v) is 8.73. The van der Waals surface area contributed by atoms with E-state index in [0.717, 1.165) is 19.3 Å². The first-order valence-electron chi connectivity index (χ1n) is 7.08. The van der Waals surface area contributed by atoms with Gasteiger partial charge in [0.05, 0.1) is 5.75 Å². The molecular weight excluding hydrogens is 298 g/mol. The molecule has 0 heterocycles. The number of carbonyl (C=O) groups excluding carboxylic acids is 1. The van der Waals surface area contributed by atoms with Crippen molar-refractivity contribution in [1.82, 2.24) is 15.4 Å². The number of carbonyl (C=O) groups is 2. The maximum atomic E-state index is 11.3. The fourth-order valence-corrected chi connectivity index (χ4v) is 2.57. The number of carboxylic acid groups (broad SMARTS) is 1. The van der Waals surface area contributed by atoms with Crippen LogP contribution in [0.1, 0.15) is 39.0 Å². The minimum Gasteiger partial charge on any atom is -0.481 e. The van der Waals surface area contributed by atoms with Gasteiger partial charge in [-0.1, -0.05) is 19.8 Å². The van der Waals surface area contributed by atoms with Gasteiger partial charge in [0.2, 0.25) is 10.0 Å². The Bertz CT molecular complexity index is 411. The minimum absolute atomic E-state index is 0.0553. The van der Waals surface area contributed by atoms with Crippen LogP contribution in [0.15, 0.2) is 0 Å². The van der Waals surface area contributed by atoms with Crippen molar-refractivity contribution < 1.29 is 23.1 Å². The SMILES string of the molecule is CCNS(=O)(=O)CCNC(=O)NCCCCCCC(=O)O. The van der Waals surface area contributed by atoms with Crippen LogP contribution in [0.2, 0.25) is 0 Å². The topological polar surface area (TPSA) is 125 Å². The highest BCUT2D eigenvalue weighted by atomic mass is 32.2. The molecule has 0 unspecified atom stereocenters. The Morgan fingerprint density at radius 1 is 1.00 bits per heavy atom. The maximum Gasteiger partial charge on any atom is 0.314 e. The number of hydrogen-bond donors (Lipinski definition) is 4. The van der Waals surface area contributed by atoms with Gasteiger partial charge in [-0.2, -0.15) is 0 Å². The highest BCUT2D eigenvalue weighted by Crippen LogP contribution is 2.01. The van der Waals surface area contributed by atoms with E-state index in [1.54, 1.807) is 6.92 Å². The van der Waals surface area contributed by atoms with Crippen LogP contribution >= 0.6 is 0 Å². The standard InChI is InChI=1S/C12H25N3O5S/c1-2-15-21(19,20)10-9-14-12(18)13-8-6-4-3-5-7-11(16)17/h15H,2-10H2,1H3,(H,16,17)(H2,13,14,18). The Morgan fingerprint density at radius 3 is 2.24 bits per heavy atom. The molecule has 0 aromatic heterocycles. The van der Waals surface area contributed by atoms with Crippen LogP contribution in [-0.2, 0) is 14.8 Å². The second-order valence-electron chi connectivity index (χ2n) is 4.56. The molecule has 0 fully saturated rings. The zero-order valence-electron chi connectivity index (χ0n) is 12.4. The summed E-state index contributed by atoms with van der Waals surface area (Å²) in [5, 5.41) is 13.5. The fourth-order valence-electron chi connectivity index (χ4n) is 1.61. The lowest BCUT2D eigenvalue weighted by molar-refractivity contribution is -0.137. The van der Waals surface area contributed by atoms with Gasteiger partial charge in [0.15, 0.2) is 0 Å². The molecule has 124 valence electrons.